The number of nitrogens with one attached hydrogen (secondary N) is 1. The van der Waals surface area contributed by atoms with Crippen molar-refractivity contribution in [2.24, 2.45) is 11.7 Å². The number of primary amides is 1. The average Bonchev–Trinajstić information content (AvgIpc) is 2.96. The first-order valence-corrected chi connectivity index (χ1v) is 7.66. The van der Waals surface area contributed by atoms with Crippen LogP contribution < -0.4 is 11.1 Å². The lowest BCUT2D eigenvalue weighted by Crippen LogP contribution is -2.56. The number of hydrogen-bond donors (Lipinski definition) is 2. The van der Waals surface area contributed by atoms with Gasteiger partial charge in [0, 0.05) is 6.20 Å². The Hall–Kier alpha value is -2.70. The van der Waals surface area contributed by atoms with Crippen LogP contribution in [0.4, 0.5) is 4.39 Å². The molecule has 24 heavy (non-hydrogen) atoms. The quantitative estimate of drug-likeness (QED) is 0.848. The molecule has 0 aliphatic carbocycles. The maximum absolute atomic E-state index is 13.8. The first-order chi connectivity index (χ1) is 11.2. The summed E-state index contributed by atoms with van der Waals surface area (Å²) in [4.78, 5) is 24.1. The van der Waals surface area contributed by atoms with Crippen molar-refractivity contribution in [3.63, 3.8) is 0 Å². The highest BCUT2D eigenvalue weighted by Gasteiger charge is 2.34. The average molecular weight is 332 g/mol. The Morgan fingerprint density at radius 1 is 1.33 bits per heavy atom. The van der Waals surface area contributed by atoms with Gasteiger partial charge in [-0.3, -0.25) is 9.59 Å². The summed E-state index contributed by atoms with van der Waals surface area (Å²) in [6.07, 6.45) is 1.89. The van der Waals surface area contributed by atoms with E-state index >= 15 is 0 Å². The Kier molecular flexibility index (Phi) is 5.02. The molecule has 0 saturated carbocycles. The van der Waals surface area contributed by atoms with Crippen molar-refractivity contribution in [1.29, 1.82) is 0 Å². The molecule has 2 rings (SSSR count). The second-order valence-electron chi connectivity index (χ2n) is 6.35. The van der Waals surface area contributed by atoms with E-state index < -0.39 is 23.2 Å². The topological polar surface area (TPSA) is 90.0 Å². The molecule has 0 spiro atoms. The third-order valence-corrected chi connectivity index (χ3v) is 3.67. The molecule has 2 aromatic rings. The summed E-state index contributed by atoms with van der Waals surface area (Å²) in [6, 6.07) is 7.56. The Morgan fingerprint density at radius 2 is 2.00 bits per heavy atom. The zero-order valence-electron chi connectivity index (χ0n) is 13.9. The van der Waals surface area contributed by atoms with E-state index in [0.717, 1.165) is 0 Å². The molecular formula is C17H21FN4O2. The molecule has 6 nitrogen and oxygen atoms in total. The van der Waals surface area contributed by atoms with Crippen molar-refractivity contribution in [3.05, 3.63) is 48.0 Å². The van der Waals surface area contributed by atoms with Gasteiger partial charge in [-0.15, -0.1) is 0 Å². The van der Waals surface area contributed by atoms with Crippen LogP contribution in [0.15, 0.2) is 36.5 Å². The van der Waals surface area contributed by atoms with E-state index in [1.807, 2.05) is 13.8 Å². The molecule has 1 aromatic carbocycles. The highest BCUT2D eigenvalue weighted by molar-refractivity contribution is 5.97. The van der Waals surface area contributed by atoms with E-state index in [1.54, 1.807) is 25.1 Å². The fourth-order valence-electron chi connectivity index (χ4n) is 2.56. The van der Waals surface area contributed by atoms with Crippen LogP contribution in [0.5, 0.6) is 0 Å². The molecular weight excluding hydrogens is 311 g/mol. The van der Waals surface area contributed by atoms with E-state index in [0.29, 0.717) is 6.42 Å². The van der Waals surface area contributed by atoms with Crippen LogP contribution in [0.3, 0.4) is 0 Å². The van der Waals surface area contributed by atoms with Crippen LogP contribution >= 0.6 is 0 Å². The smallest absolute Gasteiger partial charge is 0.272 e. The molecule has 0 bridgehead atoms. The number of hydrogen-bond acceptors (Lipinski definition) is 3. The minimum atomic E-state index is -1.17. The molecule has 1 heterocycles. The van der Waals surface area contributed by atoms with Gasteiger partial charge in [0.15, 0.2) is 5.69 Å². The largest absolute Gasteiger partial charge is 0.368 e. The third kappa shape index (κ3) is 3.79. The van der Waals surface area contributed by atoms with Gasteiger partial charge in [-0.1, -0.05) is 26.0 Å². The monoisotopic (exact) mass is 332 g/mol. The Morgan fingerprint density at radius 3 is 2.58 bits per heavy atom. The van der Waals surface area contributed by atoms with Gasteiger partial charge in [-0.25, -0.2) is 9.07 Å². The molecule has 1 atom stereocenters. The van der Waals surface area contributed by atoms with E-state index in [-0.39, 0.29) is 17.3 Å². The van der Waals surface area contributed by atoms with Crippen LogP contribution in [0.25, 0.3) is 5.69 Å². The van der Waals surface area contributed by atoms with Crippen LogP contribution in [0.2, 0.25) is 0 Å². The minimum absolute atomic E-state index is 0.0782. The third-order valence-electron chi connectivity index (χ3n) is 3.67. The van der Waals surface area contributed by atoms with Crippen LogP contribution in [-0.4, -0.2) is 27.1 Å². The number of para-hydroxylation sites is 1. The molecule has 1 aromatic heterocycles. The van der Waals surface area contributed by atoms with Crippen LogP contribution in [0.1, 0.15) is 37.7 Å². The van der Waals surface area contributed by atoms with E-state index in [9.17, 15) is 14.0 Å². The van der Waals surface area contributed by atoms with Crippen molar-refractivity contribution in [3.8, 4) is 5.69 Å². The first kappa shape index (κ1) is 17.7. The molecule has 128 valence electrons. The summed E-state index contributed by atoms with van der Waals surface area (Å²) in [5.74, 6) is -1.43. The second kappa shape index (κ2) is 6.82. The van der Waals surface area contributed by atoms with Crippen LogP contribution in [0, 0.1) is 11.7 Å². The minimum Gasteiger partial charge on any atom is -0.368 e. The van der Waals surface area contributed by atoms with Gasteiger partial charge >= 0.3 is 0 Å². The predicted octanol–water partition coefficient (Wildman–Crippen LogP) is 2.03. The van der Waals surface area contributed by atoms with E-state index in [4.69, 9.17) is 5.73 Å². The summed E-state index contributed by atoms with van der Waals surface area (Å²) in [5, 5.41) is 6.71. The lowest BCUT2D eigenvalue weighted by molar-refractivity contribution is -0.124. The van der Waals surface area contributed by atoms with Crippen LogP contribution in [-0.2, 0) is 4.79 Å². The molecule has 2 amide bonds. The van der Waals surface area contributed by atoms with Gasteiger partial charge in [0.2, 0.25) is 5.91 Å². The summed E-state index contributed by atoms with van der Waals surface area (Å²) in [6.45, 7) is 5.45. The number of aromatic nitrogens is 2. The van der Waals surface area contributed by atoms with Gasteiger partial charge in [0.1, 0.15) is 17.0 Å². The maximum Gasteiger partial charge on any atom is 0.272 e. The number of nitrogens with zero attached hydrogens (tertiary/aromatic N) is 2. The molecule has 3 N–H and O–H groups in total. The van der Waals surface area contributed by atoms with Crippen molar-refractivity contribution in [2.75, 3.05) is 0 Å². The van der Waals surface area contributed by atoms with Gasteiger partial charge in [-0.2, -0.15) is 5.10 Å². The fourth-order valence-corrected chi connectivity index (χ4v) is 2.56. The standard InChI is InChI=1S/C17H21FN4O2/c1-11(2)10-17(3,16(19)24)20-15(23)13-8-9-22(21-13)14-7-5-4-6-12(14)18/h4-9,11H,10H2,1-3H3,(H2,19,24)(H,20,23). The highest BCUT2D eigenvalue weighted by atomic mass is 19.1. The van der Waals surface area contributed by atoms with Crippen molar-refractivity contribution < 1.29 is 14.0 Å². The first-order valence-electron chi connectivity index (χ1n) is 7.66. The summed E-state index contributed by atoms with van der Waals surface area (Å²) >= 11 is 0. The lowest BCUT2D eigenvalue weighted by atomic mass is 9.90. The predicted molar refractivity (Wildman–Crippen MR) is 88.0 cm³/mol. The van der Waals surface area contributed by atoms with Crippen molar-refractivity contribution in [2.45, 2.75) is 32.7 Å². The Bertz CT molecular complexity index is 757. The molecule has 0 radical (unpaired) electrons. The summed E-state index contributed by atoms with van der Waals surface area (Å²) in [7, 11) is 0. The molecule has 7 heteroatoms. The highest BCUT2D eigenvalue weighted by Crippen LogP contribution is 2.17. The maximum atomic E-state index is 13.8. The van der Waals surface area contributed by atoms with Gasteiger partial charge in [0.05, 0.1) is 0 Å². The molecule has 0 fully saturated rings. The Balaban J connectivity index is 2.22. The molecule has 0 saturated heterocycles. The zero-order chi connectivity index (χ0) is 17.9. The Labute approximate surface area is 139 Å². The van der Waals surface area contributed by atoms with Gasteiger partial charge in [-0.05, 0) is 37.5 Å². The molecule has 1 unspecified atom stereocenters. The number of nitrogens with two attached hydrogens (primary N) is 1. The number of amides is 2. The summed E-state index contributed by atoms with van der Waals surface area (Å²) < 4.78 is 15.1. The van der Waals surface area contributed by atoms with E-state index in [1.165, 1.54) is 23.0 Å². The SMILES string of the molecule is CC(C)CC(C)(NC(=O)c1ccn(-c2ccccc2F)n1)C(N)=O. The van der Waals surface area contributed by atoms with Gasteiger partial charge < -0.3 is 11.1 Å². The number of benzene rings is 1. The summed E-state index contributed by atoms with van der Waals surface area (Å²) in [5.41, 5.74) is 4.57. The number of carbonyl (C=O) groups is 2. The second-order valence-corrected chi connectivity index (χ2v) is 6.35. The lowest BCUT2D eigenvalue weighted by Gasteiger charge is -2.28. The zero-order valence-corrected chi connectivity index (χ0v) is 13.9. The number of rotatable bonds is 6. The number of carbonyl (C=O) groups excluding carboxylic acids is 2. The van der Waals surface area contributed by atoms with Gasteiger partial charge in [0.25, 0.3) is 5.91 Å². The molecule has 0 aliphatic heterocycles. The normalized spacial score (nSPS) is 13.5. The fraction of sp³-hybridized carbons (Fsp3) is 0.353. The van der Waals surface area contributed by atoms with E-state index in [2.05, 4.69) is 10.4 Å². The molecule has 0 aliphatic rings. The van der Waals surface area contributed by atoms with Crippen molar-refractivity contribution >= 4 is 11.8 Å². The number of halogens is 1. The van der Waals surface area contributed by atoms with Crippen molar-refractivity contribution in [1.82, 2.24) is 15.1 Å².